The van der Waals surface area contributed by atoms with Crippen molar-refractivity contribution in [2.45, 2.75) is 56.2 Å². The molecule has 0 aromatic heterocycles. The quantitative estimate of drug-likeness (QED) is 0.318. The first-order chi connectivity index (χ1) is 13.3. The minimum absolute atomic E-state index is 0. The van der Waals surface area contributed by atoms with Gasteiger partial charge >= 0.3 is 5.97 Å². The number of aliphatic hydroxyl groups excluding tert-OH is 2. The molecule has 3 saturated heterocycles. The molecule has 0 aromatic rings. The summed E-state index contributed by atoms with van der Waals surface area (Å²) in [6.07, 6.45) is 0.547. The van der Waals surface area contributed by atoms with Gasteiger partial charge in [-0.05, 0) is 26.3 Å². The fourth-order valence-electron chi connectivity index (χ4n) is 5.24. The van der Waals surface area contributed by atoms with Crippen LogP contribution in [0.1, 0.15) is 26.7 Å². The van der Waals surface area contributed by atoms with E-state index in [-0.39, 0.29) is 58.7 Å². The zero-order chi connectivity index (χ0) is 20.2. The number of fused-ring (bicyclic) bond motifs is 1. The van der Waals surface area contributed by atoms with E-state index < -0.39 is 24.1 Å². The van der Waals surface area contributed by atoms with E-state index in [9.17, 15) is 24.9 Å². The van der Waals surface area contributed by atoms with Crippen LogP contribution in [-0.4, -0.2) is 86.7 Å². The highest BCUT2D eigenvalue weighted by molar-refractivity contribution is 8.03. The van der Waals surface area contributed by atoms with E-state index in [2.05, 4.69) is 10.6 Å². The van der Waals surface area contributed by atoms with Crippen LogP contribution in [-0.2, 0) is 9.59 Å². The number of nitrogens with one attached hydrogen (secondary N) is 2. The summed E-state index contributed by atoms with van der Waals surface area (Å²) in [5.74, 6) is -1.78. The number of nitrogens with zero attached hydrogens (tertiary/aromatic N) is 1. The molecule has 4 rings (SSSR count). The summed E-state index contributed by atoms with van der Waals surface area (Å²) in [5.41, 5.74) is 0.0772. The van der Waals surface area contributed by atoms with E-state index in [0.717, 1.165) is 30.8 Å². The smallest absolute Gasteiger partial charge is 0.353 e. The summed E-state index contributed by atoms with van der Waals surface area (Å²) in [6.45, 7) is 6.00. The fourth-order valence-corrected chi connectivity index (χ4v) is 6.73. The highest BCUT2D eigenvalue weighted by Gasteiger charge is 2.60. The monoisotopic (exact) mass is 465 g/mol. The molecule has 9 nitrogen and oxygen atoms in total. The van der Waals surface area contributed by atoms with E-state index in [1.54, 1.807) is 6.92 Å². The Bertz CT molecular complexity index is 702. The van der Waals surface area contributed by atoms with E-state index in [4.69, 9.17) is 0 Å². The molecule has 0 spiro atoms. The van der Waals surface area contributed by atoms with E-state index in [0.29, 0.717) is 6.54 Å². The molecule has 7 N–H and O–H groups in total. The SMILES string of the molecule is C[C@@H]1C(S[C@@H]2CN[C@H]([C@H](O)[C@@H]3CCNC3)C2)=C(C(=O)O)N2C(=O)[C@H]([C@@H](C)O)[C@H]12.Cl.O. The van der Waals surface area contributed by atoms with E-state index in [1.165, 1.54) is 16.7 Å². The molecular weight excluding hydrogens is 434 g/mol. The van der Waals surface area contributed by atoms with Gasteiger partial charge in [-0.25, -0.2) is 4.79 Å². The molecule has 4 aliphatic rings. The van der Waals surface area contributed by atoms with Crippen LogP contribution in [0, 0.1) is 17.8 Å². The van der Waals surface area contributed by atoms with Gasteiger partial charge in [0.1, 0.15) is 5.70 Å². The Morgan fingerprint density at radius 3 is 2.57 bits per heavy atom. The number of rotatable bonds is 6. The van der Waals surface area contributed by atoms with Crippen molar-refractivity contribution in [2.24, 2.45) is 17.8 Å². The Morgan fingerprint density at radius 2 is 2.00 bits per heavy atom. The molecule has 4 heterocycles. The number of carboxylic acids is 1. The lowest BCUT2D eigenvalue weighted by Crippen LogP contribution is -2.63. The molecule has 11 heteroatoms. The van der Waals surface area contributed by atoms with Gasteiger partial charge in [0.05, 0.1) is 24.2 Å². The first kappa shape index (κ1) is 25.4. The van der Waals surface area contributed by atoms with Crippen LogP contribution in [0.5, 0.6) is 0 Å². The second-order valence-electron chi connectivity index (χ2n) is 8.51. The standard InChI is InChI=1S/C19H29N3O5S.ClH.H2O/c1-8-14-13(9(2)23)18(25)22(14)15(19(26)27)17(8)28-11-5-12(21-7-11)16(24)10-3-4-20-6-10;;/h8-14,16,20-21,23-24H,3-7H2,1-2H3,(H,26,27);1H;1H2/t8-,9+,10+,11-,12-,13+,14-,16+;;/m0../s1. The number of halogens is 1. The van der Waals surface area contributed by atoms with Crippen LogP contribution >= 0.6 is 24.2 Å². The van der Waals surface area contributed by atoms with Gasteiger partial charge in [-0.1, -0.05) is 6.92 Å². The molecule has 4 aliphatic heterocycles. The zero-order valence-electron chi connectivity index (χ0n) is 17.1. The number of carbonyl (C=O) groups is 2. The van der Waals surface area contributed by atoms with Crippen molar-refractivity contribution >= 4 is 36.0 Å². The number of hydrogen-bond donors (Lipinski definition) is 5. The van der Waals surface area contributed by atoms with Gasteiger partial charge in [0.2, 0.25) is 5.91 Å². The molecular formula is C19H32ClN3O6S. The van der Waals surface area contributed by atoms with Crippen molar-refractivity contribution in [3.63, 3.8) is 0 Å². The average molecular weight is 466 g/mol. The van der Waals surface area contributed by atoms with E-state index in [1.807, 2.05) is 6.92 Å². The topological polar surface area (TPSA) is 154 Å². The lowest BCUT2D eigenvalue weighted by Gasteiger charge is -2.46. The number of thioether (sulfide) groups is 1. The molecule has 1 amide bonds. The molecule has 0 aliphatic carbocycles. The predicted molar refractivity (Wildman–Crippen MR) is 115 cm³/mol. The minimum atomic E-state index is -1.09. The Balaban J connectivity index is 0.00000160. The van der Waals surface area contributed by atoms with Gasteiger partial charge in [-0.3, -0.25) is 4.79 Å². The largest absolute Gasteiger partial charge is 0.477 e. The summed E-state index contributed by atoms with van der Waals surface area (Å²) in [7, 11) is 0. The third-order valence-corrected chi connectivity index (χ3v) is 8.23. The second kappa shape index (κ2) is 9.72. The lowest BCUT2D eigenvalue weighted by molar-refractivity contribution is -0.163. The van der Waals surface area contributed by atoms with Crippen molar-refractivity contribution in [3.05, 3.63) is 10.6 Å². The predicted octanol–water partition coefficient (Wildman–Crippen LogP) is -0.829. The van der Waals surface area contributed by atoms with Crippen molar-refractivity contribution in [2.75, 3.05) is 19.6 Å². The van der Waals surface area contributed by atoms with Crippen molar-refractivity contribution in [1.82, 2.24) is 15.5 Å². The van der Waals surface area contributed by atoms with Crippen molar-refractivity contribution in [1.29, 1.82) is 0 Å². The van der Waals surface area contributed by atoms with Gasteiger partial charge in [0.15, 0.2) is 0 Å². The Hall–Kier alpha value is -0.880. The average Bonchev–Trinajstić information content (AvgIpc) is 3.35. The molecule has 0 saturated carbocycles. The first-order valence-electron chi connectivity index (χ1n) is 10.1. The van der Waals surface area contributed by atoms with Crippen molar-refractivity contribution < 1.29 is 30.4 Å². The molecule has 30 heavy (non-hydrogen) atoms. The van der Waals surface area contributed by atoms with Gasteiger partial charge in [0, 0.05) is 41.1 Å². The molecule has 0 aromatic carbocycles. The van der Waals surface area contributed by atoms with Crippen LogP contribution in [0.15, 0.2) is 10.6 Å². The second-order valence-corrected chi connectivity index (χ2v) is 9.85. The van der Waals surface area contributed by atoms with Crippen LogP contribution in [0.4, 0.5) is 0 Å². The fraction of sp³-hybridized carbons (Fsp3) is 0.789. The zero-order valence-corrected chi connectivity index (χ0v) is 18.7. The number of carbonyl (C=O) groups excluding carboxylic acids is 1. The highest BCUT2D eigenvalue weighted by Crippen LogP contribution is 2.51. The van der Waals surface area contributed by atoms with Gasteiger partial charge in [-0.15, -0.1) is 24.2 Å². The number of carboxylic acid groups (broad SMARTS) is 1. The van der Waals surface area contributed by atoms with Crippen LogP contribution in [0.2, 0.25) is 0 Å². The van der Waals surface area contributed by atoms with Gasteiger partial charge in [-0.2, -0.15) is 0 Å². The summed E-state index contributed by atoms with van der Waals surface area (Å²) in [6, 6.07) is -0.265. The molecule has 172 valence electrons. The normalized spacial score (nSPS) is 37.2. The maximum Gasteiger partial charge on any atom is 0.353 e. The molecule has 0 radical (unpaired) electrons. The van der Waals surface area contributed by atoms with Crippen LogP contribution < -0.4 is 10.6 Å². The first-order valence-corrected chi connectivity index (χ1v) is 11.0. The van der Waals surface area contributed by atoms with Crippen molar-refractivity contribution in [3.8, 4) is 0 Å². The third kappa shape index (κ3) is 4.11. The molecule has 3 fully saturated rings. The molecule has 0 bridgehead atoms. The molecule has 8 atom stereocenters. The van der Waals surface area contributed by atoms with Gasteiger partial charge in [0.25, 0.3) is 0 Å². The maximum absolute atomic E-state index is 12.4. The number of β-lactam (4-membered cyclic amide) rings is 1. The number of hydrogen-bond acceptors (Lipinski definition) is 7. The molecule has 0 unspecified atom stereocenters. The van der Waals surface area contributed by atoms with E-state index >= 15 is 0 Å². The Labute approximate surface area is 186 Å². The maximum atomic E-state index is 12.4. The number of aliphatic hydroxyl groups is 2. The number of aliphatic carboxylic acids is 1. The summed E-state index contributed by atoms with van der Waals surface area (Å²) < 4.78 is 0. The lowest BCUT2D eigenvalue weighted by atomic mass is 9.79. The number of amides is 1. The minimum Gasteiger partial charge on any atom is -0.477 e. The third-order valence-electron chi connectivity index (χ3n) is 6.72. The van der Waals surface area contributed by atoms with Crippen LogP contribution in [0.3, 0.4) is 0 Å². The van der Waals surface area contributed by atoms with Crippen LogP contribution in [0.25, 0.3) is 0 Å². The Morgan fingerprint density at radius 1 is 1.30 bits per heavy atom. The summed E-state index contributed by atoms with van der Waals surface area (Å²) in [5, 5.41) is 37.2. The highest BCUT2D eigenvalue weighted by atomic mass is 35.5. The summed E-state index contributed by atoms with van der Waals surface area (Å²) >= 11 is 1.52. The summed E-state index contributed by atoms with van der Waals surface area (Å²) in [4.78, 5) is 26.4. The Kier molecular flexibility index (Phi) is 8.23. The van der Waals surface area contributed by atoms with Gasteiger partial charge < -0.3 is 36.3 Å².